The van der Waals surface area contributed by atoms with Crippen molar-refractivity contribution in [2.75, 3.05) is 5.32 Å². The molecule has 0 saturated heterocycles. The third-order valence-electron chi connectivity index (χ3n) is 4.03. The highest BCUT2D eigenvalue weighted by Crippen LogP contribution is 2.38. The van der Waals surface area contributed by atoms with Crippen molar-refractivity contribution in [3.8, 4) is 0 Å². The molecule has 0 bridgehead atoms. The molecule has 1 atom stereocenters. The number of aryl methyl sites for hydroxylation is 1. The van der Waals surface area contributed by atoms with Gasteiger partial charge in [0.05, 0.1) is 4.92 Å². The first kappa shape index (κ1) is 19.6. The number of nitrogens with one attached hydrogen (secondary N) is 1. The molecule has 0 saturated carbocycles. The zero-order valence-electron chi connectivity index (χ0n) is 15.0. The van der Waals surface area contributed by atoms with Crippen LogP contribution < -0.4 is 5.32 Å². The van der Waals surface area contributed by atoms with Crippen molar-refractivity contribution in [3.05, 3.63) is 99.9 Å². The van der Waals surface area contributed by atoms with E-state index in [-0.39, 0.29) is 11.4 Å². The second-order valence-corrected chi connectivity index (χ2v) is 7.25. The van der Waals surface area contributed by atoms with E-state index in [1.165, 1.54) is 18.2 Å². The van der Waals surface area contributed by atoms with E-state index in [0.717, 1.165) is 11.8 Å². The fourth-order valence-corrected chi connectivity index (χ4v) is 3.72. The van der Waals surface area contributed by atoms with E-state index in [1.54, 1.807) is 55.5 Å². The van der Waals surface area contributed by atoms with Gasteiger partial charge in [0, 0.05) is 11.0 Å². The quantitative estimate of drug-likeness (QED) is 0.339. The fraction of sp³-hybridized carbons (Fsp3) is 0.0952. The number of benzene rings is 3. The Kier molecular flexibility index (Phi) is 6.06. The van der Waals surface area contributed by atoms with Gasteiger partial charge < -0.3 is 5.32 Å². The van der Waals surface area contributed by atoms with Gasteiger partial charge in [-0.3, -0.25) is 14.9 Å². The van der Waals surface area contributed by atoms with Gasteiger partial charge in [-0.25, -0.2) is 4.39 Å². The van der Waals surface area contributed by atoms with Gasteiger partial charge in [0.15, 0.2) is 0 Å². The van der Waals surface area contributed by atoms with Crippen LogP contribution in [0.3, 0.4) is 0 Å². The van der Waals surface area contributed by atoms with Crippen LogP contribution in [0.1, 0.15) is 16.4 Å². The normalized spacial score (nSPS) is 11.6. The van der Waals surface area contributed by atoms with E-state index in [9.17, 15) is 19.3 Å². The summed E-state index contributed by atoms with van der Waals surface area (Å²) >= 11 is 1.06. The number of nitro benzene ring substituents is 1. The van der Waals surface area contributed by atoms with Gasteiger partial charge in [0.25, 0.3) is 5.69 Å². The molecule has 7 heteroatoms. The highest BCUT2D eigenvalue weighted by atomic mass is 32.2. The van der Waals surface area contributed by atoms with Crippen LogP contribution in [0, 0.1) is 22.9 Å². The van der Waals surface area contributed by atoms with Crippen molar-refractivity contribution in [2.45, 2.75) is 17.1 Å². The Morgan fingerprint density at radius 3 is 2.43 bits per heavy atom. The number of hydrogen-bond donors (Lipinski definition) is 1. The number of amides is 1. The first-order valence-electron chi connectivity index (χ1n) is 8.48. The Morgan fingerprint density at radius 1 is 1.07 bits per heavy atom. The lowest BCUT2D eigenvalue weighted by atomic mass is 10.1. The number of anilines is 1. The minimum Gasteiger partial charge on any atom is -0.319 e. The number of thioether (sulfide) groups is 1. The van der Waals surface area contributed by atoms with Gasteiger partial charge in [-0.15, -0.1) is 11.8 Å². The Balaban J connectivity index is 1.94. The molecule has 5 nitrogen and oxygen atoms in total. The smallest absolute Gasteiger partial charge is 0.293 e. The molecule has 3 rings (SSSR count). The summed E-state index contributed by atoms with van der Waals surface area (Å²) in [7, 11) is 0. The zero-order chi connectivity index (χ0) is 20.1. The van der Waals surface area contributed by atoms with E-state index in [1.807, 2.05) is 6.07 Å². The average Bonchev–Trinajstić information content (AvgIpc) is 2.69. The van der Waals surface area contributed by atoms with E-state index >= 15 is 0 Å². The van der Waals surface area contributed by atoms with E-state index < -0.39 is 21.9 Å². The Hall–Kier alpha value is -3.19. The summed E-state index contributed by atoms with van der Waals surface area (Å²) in [6.45, 7) is 1.74. The summed E-state index contributed by atoms with van der Waals surface area (Å²) in [5.74, 6) is -0.894. The van der Waals surface area contributed by atoms with Crippen LogP contribution in [0.25, 0.3) is 0 Å². The minimum atomic E-state index is -0.779. The summed E-state index contributed by atoms with van der Waals surface area (Å²) < 4.78 is 14.1. The largest absolute Gasteiger partial charge is 0.319 e. The predicted molar refractivity (Wildman–Crippen MR) is 108 cm³/mol. The second kappa shape index (κ2) is 8.67. The van der Waals surface area contributed by atoms with E-state index in [4.69, 9.17) is 0 Å². The van der Waals surface area contributed by atoms with Crippen LogP contribution in [-0.2, 0) is 4.79 Å². The molecule has 0 spiro atoms. The van der Waals surface area contributed by atoms with Crippen molar-refractivity contribution in [2.24, 2.45) is 0 Å². The number of hydrogen-bond acceptors (Lipinski definition) is 4. The third kappa shape index (κ3) is 4.55. The molecule has 28 heavy (non-hydrogen) atoms. The lowest BCUT2D eigenvalue weighted by Crippen LogP contribution is -2.20. The molecule has 0 aromatic heterocycles. The number of rotatable bonds is 6. The molecule has 3 aromatic rings. The molecule has 1 N–H and O–H groups in total. The number of carbonyl (C=O) groups excluding carboxylic acids is 1. The summed E-state index contributed by atoms with van der Waals surface area (Å²) in [6, 6.07) is 19.7. The SMILES string of the molecule is Cc1ccc(NC(=O)[C@@H](Sc2ccccc2F)c2ccccc2)c([N+](=O)[O-])c1. The van der Waals surface area contributed by atoms with Gasteiger partial charge in [-0.2, -0.15) is 0 Å². The molecule has 0 fully saturated rings. The van der Waals surface area contributed by atoms with Gasteiger partial charge in [0.1, 0.15) is 16.8 Å². The molecule has 0 aliphatic rings. The standard InChI is InChI=1S/C21H17FN2O3S/c1-14-11-12-17(18(13-14)24(26)27)23-21(25)20(15-7-3-2-4-8-15)28-19-10-6-5-9-16(19)22/h2-13,20H,1H3,(H,23,25)/t20-/m0/s1. The van der Waals surface area contributed by atoms with Crippen molar-refractivity contribution >= 4 is 29.0 Å². The Bertz CT molecular complexity index is 1010. The second-order valence-electron chi connectivity index (χ2n) is 6.11. The molecule has 0 radical (unpaired) electrons. The first-order valence-corrected chi connectivity index (χ1v) is 9.35. The Morgan fingerprint density at radius 2 is 1.75 bits per heavy atom. The molecule has 0 heterocycles. The van der Waals surface area contributed by atoms with E-state index in [2.05, 4.69) is 5.32 Å². The molecule has 142 valence electrons. The molecule has 3 aromatic carbocycles. The third-order valence-corrected chi connectivity index (χ3v) is 5.34. The van der Waals surface area contributed by atoms with Gasteiger partial charge in [-0.1, -0.05) is 48.5 Å². The molecule has 0 unspecified atom stereocenters. The number of carbonyl (C=O) groups is 1. The van der Waals surface area contributed by atoms with Gasteiger partial charge in [0.2, 0.25) is 5.91 Å². The van der Waals surface area contributed by atoms with Crippen LogP contribution >= 0.6 is 11.8 Å². The van der Waals surface area contributed by atoms with Crippen LogP contribution in [0.4, 0.5) is 15.8 Å². The van der Waals surface area contributed by atoms with Crippen LogP contribution in [-0.4, -0.2) is 10.8 Å². The van der Waals surface area contributed by atoms with Gasteiger partial charge >= 0.3 is 0 Å². The van der Waals surface area contributed by atoms with Gasteiger partial charge in [-0.05, 0) is 36.2 Å². The number of halogens is 1. The molecule has 1 amide bonds. The highest BCUT2D eigenvalue weighted by Gasteiger charge is 2.25. The lowest BCUT2D eigenvalue weighted by molar-refractivity contribution is -0.384. The topological polar surface area (TPSA) is 72.2 Å². The summed E-state index contributed by atoms with van der Waals surface area (Å²) in [4.78, 5) is 24.1. The highest BCUT2D eigenvalue weighted by molar-refractivity contribution is 8.00. The zero-order valence-corrected chi connectivity index (χ0v) is 15.8. The van der Waals surface area contributed by atoms with Crippen LogP contribution in [0.5, 0.6) is 0 Å². The monoisotopic (exact) mass is 396 g/mol. The first-order chi connectivity index (χ1) is 13.5. The molecular weight excluding hydrogens is 379 g/mol. The van der Waals surface area contributed by atoms with Crippen molar-refractivity contribution in [1.82, 2.24) is 0 Å². The number of nitrogens with zero attached hydrogens (tertiary/aromatic N) is 1. The summed E-state index contributed by atoms with van der Waals surface area (Å²) in [6.07, 6.45) is 0. The number of nitro groups is 1. The maximum atomic E-state index is 14.1. The van der Waals surface area contributed by atoms with Crippen molar-refractivity contribution < 1.29 is 14.1 Å². The molecular formula is C21H17FN2O3S. The van der Waals surface area contributed by atoms with Crippen LogP contribution in [0.15, 0.2) is 77.7 Å². The maximum absolute atomic E-state index is 14.1. The fourth-order valence-electron chi connectivity index (χ4n) is 2.66. The summed E-state index contributed by atoms with van der Waals surface area (Å²) in [5.41, 5.74) is 1.31. The van der Waals surface area contributed by atoms with Crippen molar-refractivity contribution in [1.29, 1.82) is 0 Å². The Labute approximate surface area is 165 Å². The molecule has 0 aliphatic heterocycles. The maximum Gasteiger partial charge on any atom is 0.293 e. The lowest BCUT2D eigenvalue weighted by Gasteiger charge is -2.17. The average molecular weight is 396 g/mol. The predicted octanol–water partition coefficient (Wildman–Crippen LogP) is 5.51. The van der Waals surface area contributed by atoms with Crippen LogP contribution in [0.2, 0.25) is 0 Å². The summed E-state index contributed by atoms with van der Waals surface area (Å²) in [5, 5.41) is 13.2. The van der Waals surface area contributed by atoms with E-state index in [0.29, 0.717) is 16.0 Å². The van der Waals surface area contributed by atoms with Crippen molar-refractivity contribution in [3.63, 3.8) is 0 Å². The minimum absolute atomic E-state index is 0.107. The molecule has 0 aliphatic carbocycles.